The van der Waals surface area contributed by atoms with Crippen LogP contribution in [0.1, 0.15) is 38.3 Å². The third kappa shape index (κ3) is 2.99. The van der Waals surface area contributed by atoms with E-state index in [1.165, 1.54) is 25.7 Å². The van der Waals surface area contributed by atoms with Crippen molar-refractivity contribution in [3.63, 3.8) is 0 Å². The Hall–Kier alpha value is -0.960. The summed E-state index contributed by atoms with van der Waals surface area (Å²) < 4.78 is 0. The van der Waals surface area contributed by atoms with Crippen LogP contribution in [-0.4, -0.2) is 16.5 Å². The molecule has 1 heterocycles. The van der Waals surface area contributed by atoms with Gasteiger partial charge in [0.25, 0.3) is 0 Å². The van der Waals surface area contributed by atoms with Gasteiger partial charge in [0.2, 0.25) is 0 Å². The van der Waals surface area contributed by atoms with Crippen LogP contribution in [-0.2, 0) is 6.54 Å². The fourth-order valence-electron chi connectivity index (χ4n) is 2.10. The van der Waals surface area contributed by atoms with E-state index in [1.807, 2.05) is 6.20 Å². The van der Waals surface area contributed by atoms with E-state index in [1.54, 1.807) is 12.4 Å². The third-order valence-corrected chi connectivity index (χ3v) is 3.16. The zero-order valence-corrected chi connectivity index (χ0v) is 9.37. The van der Waals surface area contributed by atoms with Crippen LogP contribution in [0.2, 0.25) is 0 Å². The zero-order valence-electron chi connectivity index (χ0n) is 9.37. The Labute approximate surface area is 91.3 Å². The Kier molecular flexibility index (Phi) is 3.31. The predicted octanol–water partition coefficient (Wildman–Crippen LogP) is 2.15. The monoisotopic (exact) mass is 205 g/mol. The maximum Gasteiger partial charge on any atom is 0.0724 e. The maximum absolute atomic E-state index is 4.24. The summed E-state index contributed by atoms with van der Waals surface area (Å²) in [6.45, 7) is 4.25. The number of rotatable bonds is 6. The summed E-state index contributed by atoms with van der Waals surface area (Å²) in [6.07, 6.45) is 10.7. The summed E-state index contributed by atoms with van der Waals surface area (Å²) in [5.41, 5.74) is 1.65. The van der Waals surface area contributed by atoms with Crippen LogP contribution in [0, 0.1) is 5.41 Å². The van der Waals surface area contributed by atoms with Crippen LogP contribution in [0.5, 0.6) is 0 Å². The topological polar surface area (TPSA) is 37.8 Å². The fourth-order valence-corrected chi connectivity index (χ4v) is 2.10. The van der Waals surface area contributed by atoms with Crippen molar-refractivity contribution in [2.24, 2.45) is 5.41 Å². The second kappa shape index (κ2) is 4.71. The van der Waals surface area contributed by atoms with Crippen molar-refractivity contribution < 1.29 is 0 Å². The van der Waals surface area contributed by atoms with E-state index in [2.05, 4.69) is 22.2 Å². The summed E-state index contributed by atoms with van der Waals surface area (Å²) >= 11 is 0. The van der Waals surface area contributed by atoms with Gasteiger partial charge in [-0.15, -0.1) is 0 Å². The first-order valence-electron chi connectivity index (χ1n) is 5.80. The summed E-state index contributed by atoms with van der Waals surface area (Å²) in [6, 6.07) is 0. The van der Waals surface area contributed by atoms with E-state index in [0.29, 0.717) is 5.41 Å². The first kappa shape index (κ1) is 10.6. The minimum absolute atomic E-state index is 0.622. The molecule has 82 valence electrons. The Morgan fingerprint density at radius 3 is 2.87 bits per heavy atom. The van der Waals surface area contributed by atoms with Crippen molar-refractivity contribution in [2.75, 3.05) is 6.54 Å². The van der Waals surface area contributed by atoms with Crippen molar-refractivity contribution in [1.82, 2.24) is 15.3 Å². The van der Waals surface area contributed by atoms with Gasteiger partial charge in [-0.1, -0.05) is 13.3 Å². The maximum atomic E-state index is 4.24. The fraction of sp³-hybridized carbons (Fsp3) is 0.667. The van der Waals surface area contributed by atoms with Crippen molar-refractivity contribution in [1.29, 1.82) is 0 Å². The molecule has 0 bridgehead atoms. The van der Waals surface area contributed by atoms with Gasteiger partial charge in [0, 0.05) is 31.7 Å². The first-order valence-corrected chi connectivity index (χ1v) is 5.80. The highest BCUT2D eigenvalue weighted by Crippen LogP contribution is 2.48. The van der Waals surface area contributed by atoms with Gasteiger partial charge in [0.1, 0.15) is 0 Å². The molecule has 0 saturated heterocycles. The molecule has 0 atom stereocenters. The molecule has 0 amide bonds. The van der Waals surface area contributed by atoms with Crippen LogP contribution < -0.4 is 5.32 Å². The number of aromatic nitrogens is 2. The second-order valence-corrected chi connectivity index (χ2v) is 4.55. The highest BCUT2D eigenvalue weighted by atomic mass is 14.9. The van der Waals surface area contributed by atoms with Gasteiger partial charge in [-0.3, -0.25) is 9.97 Å². The van der Waals surface area contributed by atoms with Gasteiger partial charge in [-0.05, 0) is 24.7 Å². The number of hydrogen-bond donors (Lipinski definition) is 1. The minimum Gasteiger partial charge on any atom is -0.311 e. The molecule has 1 aromatic heterocycles. The average Bonchev–Trinajstić information content (AvgIpc) is 3.00. The van der Waals surface area contributed by atoms with Gasteiger partial charge in [0.05, 0.1) is 5.69 Å². The van der Waals surface area contributed by atoms with Crippen LogP contribution in [0.3, 0.4) is 0 Å². The van der Waals surface area contributed by atoms with E-state index in [0.717, 1.165) is 18.8 Å². The molecule has 1 aromatic rings. The molecular formula is C12H19N3. The Morgan fingerprint density at radius 2 is 2.27 bits per heavy atom. The van der Waals surface area contributed by atoms with Crippen LogP contribution >= 0.6 is 0 Å². The lowest BCUT2D eigenvalue weighted by Crippen LogP contribution is -2.24. The van der Waals surface area contributed by atoms with Gasteiger partial charge in [-0.2, -0.15) is 0 Å². The molecule has 1 aliphatic carbocycles. The van der Waals surface area contributed by atoms with E-state index in [-0.39, 0.29) is 0 Å². The third-order valence-electron chi connectivity index (χ3n) is 3.16. The molecule has 1 saturated carbocycles. The smallest absolute Gasteiger partial charge is 0.0724 e. The van der Waals surface area contributed by atoms with Gasteiger partial charge in [-0.25, -0.2) is 0 Å². The lowest BCUT2D eigenvalue weighted by Gasteiger charge is -2.14. The summed E-state index contributed by atoms with van der Waals surface area (Å²) in [5, 5.41) is 3.49. The lowest BCUT2D eigenvalue weighted by molar-refractivity contribution is 0.419. The molecule has 3 nitrogen and oxygen atoms in total. The summed E-state index contributed by atoms with van der Waals surface area (Å²) in [7, 11) is 0. The standard InChI is InChI=1S/C12H19N3/c1-2-3-12(4-5-12)10-14-9-11-8-13-6-7-15-11/h6-8,14H,2-5,9-10H2,1H3. The van der Waals surface area contributed by atoms with Crippen LogP contribution in [0.4, 0.5) is 0 Å². The first-order chi connectivity index (χ1) is 7.35. The van der Waals surface area contributed by atoms with Crippen molar-refractivity contribution in [3.05, 3.63) is 24.3 Å². The highest BCUT2D eigenvalue weighted by molar-refractivity contribution is 4.97. The zero-order chi connectivity index (χ0) is 10.6. The van der Waals surface area contributed by atoms with E-state index in [9.17, 15) is 0 Å². The summed E-state index contributed by atoms with van der Waals surface area (Å²) in [5.74, 6) is 0. The molecular weight excluding hydrogens is 186 g/mol. The van der Waals surface area contributed by atoms with Crippen molar-refractivity contribution in [2.45, 2.75) is 39.2 Å². The normalized spacial score (nSPS) is 17.7. The molecule has 0 aromatic carbocycles. The van der Waals surface area contributed by atoms with E-state index < -0.39 is 0 Å². The van der Waals surface area contributed by atoms with Gasteiger partial charge in [0.15, 0.2) is 0 Å². The Balaban J connectivity index is 1.71. The molecule has 3 heteroatoms. The molecule has 15 heavy (non-hydrogen) atoms. The van der Waals surface area contributed by atoms with Crippen molar-refractivity contribution in [3.8, 4) is 0 Å². The van der Waals surface area contributed by atoms with E-state index >= 15 is 0 Å². The van der Waals surface area contributed by atoms with Gasteiger partial charge < -0.3 is 5.32 Å². The Morgan fingerprint density at radius 1 is 1.40 bits per heavy atom. The lowest BCUT2D eigenvalue weighted by atomic mass is 10.0. The highest BCUT2D eigenvalue weighted by Gasteiger charge is 2.40. The quantitative estimate of drug-likeness (QED) is 0.773. The molecule has 1 fully saturated rings. The number of nitrogens with zero attached hydrogens (tertiary/aromatic N) is 2. The molecule has 1 aliphatic rings. The predicted molar refractivity (Wildman–Crippen MR) is 60.3 cm³/mol. The molecule has 0 aliphatic heterocycles. The molecule has 2 rings (SSSR count). The number of nitrogens with one attached hydrogen (secondary N) is 1. The summed E-state index contributed by atoms with van der Waals surface area (Å²) in [4.78, 5) is 8.29. The molecule has 0 spiro atoms. The van der Waals surface area contributed by atoms with Crippen LogP contribution in [0.15, 0.2) is 18.6 Å². The largest absolute Gasteiger partial charge is 0.311 e. The molecule has 0 radical (unpaired) electrons. The number of hydrogen-bond acceptors (Lipinski definition) is 3. The molecule has 1 N–H and O–H groups in total. The van der Waals surface area contributed by atoms with Crippen LogP contribution in [0.25, 0.3) is 0 Å². The van der Waals surface area contributed by atoms with E-state index in [4.69, 9.17) is 0 Å². The second-order valence-electron chi connectivity index (χ2n) is 4.55. The van der Waals surface area contributed by atoms with Gasteiger partial charge >= 0.3 is 0 Å². The minimum atomic E-state index is 0.622. The molecule has 0 unspecified atom stereocenters. The van der Waals surface area contributed by atoms with Crippen molar-refractivity contribution >= 4 is 0 Å². The SMILES string of the molecule is CCCC1(CNCc2cnccn2)CC1. The average molecular weight is 205 g/mol. The Bertz CT molecular complexity index is 293.